The van der Waals surface area contributed by atoms with Gasteiger partial charge in [0.2, 0.25) is 5.91 Å². The van der Waals surface area contributed by atoms with Gasteiger partial charge in [-0.15, -0.1) is 0 Å². The molecule has 6 heteroatoms. The number of nitrogens with one attached hydrogen (secondary N) is 1. The molecule has 0 aliphatic rings. The van der Waals surface area contributed by atoms with E-state index in [1.165, 1.54) is 0 Å². The zero-order valence-electron chi connectivity index (χ0n) is 16.6. The molecule has 0 aliphatic carbocycles. The van der Waals surface area contributed by atoms with Crippen molar-refractivity contribution in [1.82, 2.24) is 19.6 Å². The van der Waals surface area contributed by atoms with E-state index < -0.39 is 0 Å². The summed E-state index contributed by atoms with van der Waals surface area (Å²) in [5.74, 6) is -0.0969. The fourth-order valence-corrected chi connectivity index (χ4v) is 3.25. The van der Waals surface area contributed by atoms with Gasteiger partial charge in [-0.05, 0) is 37.5 Å². The summed E-state index contributed by atoms with van der Waals surface area (Å²) in [5.41, 5.74) is 4.17. The molecule has 28 heavy (non-hydrogen) atoms. The van der Waals surface area contributed by atoms with Crippen LogP contribution in [0.4, 0.5) is 0 Å². The molecule has 0 fully saturated rings. The number of fused-ring (bicyclic) bond motifs is 1. The zero-order valence-corrected chi connectivity index (χ0v) is 16.6. The highest BCUT2D eigenvalue weighted by Crippen LogP contribution is 2.15. The van der Waals surface area contributed by atoms with Gasteiger partial charge < -0.3 is 10.2 Å². The maximum atomic E-state index is 12.6. The first-order valence-corrected chi connectivity index (χ1v) is 9.47. The molecule has 0 radical (unpaired) electrons. The predicted octanol–water partition coefficient (Wildman–Crippen LogP) is 3.12. The molecule has 0 saturated heterocycles. The van der Waals surface area contributed by atoms with Gasteiger partial charge in [-0.25, -0.2) is 4.98 Å². The van der Waals surface area contributed by atoms with Gasteiger partial charge in [0.15, 0.2) is 0 Å². The standard InChI is InChI=1S/C22H26N4O2/c1-16-9-8-14-26-20(17(2)24-21(16)26)22(28)23-13-7-12-19(27)25(3)15-18-10-5-4-6-11-18/h4-6,8-11,14H,7,12-13,15H2,1-3H3,(H,23,28). The Bertz CT molecular complexity index is 979. The van der Waals surface area contributed by atoms with Gasteiger partial charge >= 0.3 is 0 Å². The van der Waals surface area contributed by atoms with Crippen LogP contribution in [0.15, 0.2) is 48.7 Å². The van der Waals surface area contributed by atoms with E-state index in [1.54, 1.807) is 11.9 Å². The lowest BCUT2D eigenvalue weighted by Gasteiger charge is -2.17. The lowest BCUT2D eigenvalue weighted by molar-refractivity contribution is -0.130. The number of hydrogen-bond acceptors (Lipinski definition) is 3. The first-order valence-electron chi connectivity index (χ1n) is 9.47. The first-order chi connectivity index (χ1) is 13.5. The molecule has 0 atom stereocenters. The second kappa shape index (κ2) is 8.69. The van der Waals surface area contributed by atoms with E-state index in [2.05, 4.69) is 10.3 Å². The third-order valence-corrected chi connectivity index (χ3v) is 4.78. The molecule has 0 saturated carbocycles. The van der Waals surface area contributed by atoms with Crippen LogP contribution in [0.2, 0.25) is 0 Å². The van der Waals surface area contributed by atoms with Gasteiger partial charge in [-0.1, -0.05) is 36.4 Å². The number of aryl methyl sites for hydroxylation is 2. The van der Waals surface area contributed by atoms with Crippen LogP contribution in [-0.4, -0.2) is 39.7 Å². The largest absolute Gasteiger partial charge is 0.351 e. The Morgan fingerprint density at radius 3 is 2.61 bits per heavy atom. The maximum absolute atomic E-state index is 12.6. The van der Waals surface area contributed by atoms with E-state index in [1.807, 2.05) is 66.9 Å². The van der Waals surface area contributed by atoms with E-state index in [-0.39, 0.29) is 11.8 Å². The fraction of sp³-hybridized carbons (Fsp3) is 0.318. The van der Waals surface area contributed by atoms with Crippen molar-refractivity contribution in [1.29, 1.82) is 0 Å². The summed E-state index contributed by atoms with van der Waals surface area (Å²) < 4.78 is 1.82. The smallest absolute Gasteiger partial charge is 0.270 e. The molecule has 1 N–H and O–H groups in total. The summed E-state index contributed by atoms with van der Waals surface area (Å²) in [6.45, 7) is 4.85. The topological polar surface area (TPSA) is 66.7 Å². The van der Waals surface area contributed by atoms with Crippen molar-refractivity contribution in [2.24, 2.45) is 0 Å². The molecule has 2 aromatic heterocycles. The molecule has 0 aliphatic heterocycles. The number of hydrogen-bond donors (Lipinski definition) is 1. The molecular formula is C22H26N4O2. The van der Waals surface area contributed by atoms with Crippen molar-refractivity contribution in [3.05, 3.63) is 71.2 Å². The van der Waals surface area contributed by atoms with Crippen LogP contribution in [0.5, 0.6) is 0 Å². The second-order valence-electron chi connectivity index (χ2n) is 7.03. The number of pyridine rings is 1. The highest BCUT2D eigenvalue weighted by Gasteiger charge is 2.17. The molecular weight excluding hydrogens is 352 g/mol. The zero-order chi connectivity index (χ0) is 20.1. The van der Waals surface area contributed by atoms with E-state index in [9.17, 15) is 9.59 Å². The molecule has 0 bridgehead atoms. The summed E-state index contributed by atoms with van der Waals surface area (Å²) in [7, 11) is 1.80. The molecule has 146 valence electrons. The second-order valence-corrected chi connectivity index (χ2v) is 7.03. The van der Waals surface area contributed by atoms with Crippen molar-refractivity contribution in [3.8, 4) is 0 Å². The van der Waals surface area contributed by atoms with Gasteiger partial charge in [0.05, 0.1) is 5.69 Å². The molecule has 2 heterocycles. The quantitative estimate of drug-likeness (QED) is 0.643. The Labute approximate surface area is 165 Å². The molecule has 0 unspecified atom stereocenters. The van der Waals surface area contributed by atoms with Gasteiger partial charge in [-0.2, -0.15) is 0 Å². The van der Waals surface area contributed by atoms with Crippen LogP contribution < -0.4 is 5.32 Å². The van der Waals surface area contributed by atoms with Crippen molar-refractivity contribution < 1.29 is 9.59 Å². The van der Waals surface area contributed by atoms with Crippen LogP contribution in [0.1, 0.15) is 40.2 Å². The SMILES string of the molecule is Cc1nc2c(C)cccn2c1C(=O)NCCCC(=O)N(C)Cc1ccccc1. The number of rotatable bonds is 7. The molecule has 3 rings (SSSR count). The Hall–Kier alpha value is -3.15. The van der Waals surface area contributed by atoms with E-state index in [0.29, 0.717) is 37.3 Å². The third kappa shape index (κ3) is 4.39. The van der Waals surface area contributed by atoms with E-state index in [0.717, 1.165) is 16.8 Å². The Morgan fingerprint density at radius 1 is 1.11 bits per heavy atom. The van der Waals surface area contributed by atoms with Crippen molar-refractivity contribution in [3.63, 3.8) is 0 Å². The average Bonchev–Trinajstić information content (AvgIpc) is 3.03. The van der Waals surface area contributed by atoms with E-state index in [4.69, 9.17) is 0 Å². The molecule has 2 amide bonds. The lowest BCUT2D eigenvalue weighted by atomic mass is 10.2. The summed E-state index contributed by atoms with van der Waals surface area (Å²) in [6.07, 6.45) is 2.84. The first kappa shape index (κ1) is 19.6. The molecule has 1 aromatic carbocycles. The number of nitrogens with zero attached hydrogens (tertiary/aromatic N) is 3. The molecule has 6 nitrogen and oxygen atoms in total. The highest BCUT2D eigenvalue weighted by atomic mass is 16.2. The van der Waals surface area contributed by atoms with Crippen LogP contribution in [-0.2, 0) is 11.3 Å². The minimum absolute atomic E-state index is 0.0692. The number of benzene rings is 1. The summed E-state index contributed by atoms with van der Waals surface area (Å²) in [6, 6.07) is 13.8. The lowest BCUT2D eigenvalue weighted by Crippen LogP contribution is -2.29. The van der Waals surface area contributed by atoms with E-state index >= 15 is 0 Å². The third-order valence-electron chi connectivity index (χ3n) is 4.78. The van der Waals surface area contributed by atoms with Crippen molar-refractivity contribution >= 4 is 17.5 Å². The number of amides is 2. The van der Waals surface area contributed by atoms with Crippen molar-refractivity contribution in [2.45, 2.75) is 33.2 Å². The van der Waals surface area contributed by atoms with Gasteiger partial charge in [0, 0.05) is 32.8 Å². The summed E-state index contributed by atoms with van der Waals surface area (Å²) >= 11 is 0. The monoisotopic (exact) mass is 378 g/mol. The molecule has 0 spiro atoms. The summed E-state index contributed by atoms with van der Waals surface area (Å²) in [5, 5.41) is 2.91. The minimum atomic E-state index is -0.166. The van der Waals surface area contributed by atoms with Gasteiger partial charge in [0.1, 0.15) is 11.3 Å². The predicted molar refractivity (Wildman–Crippen MR) is 109 cm³/mol. The summed E-state index contributed by atoms with van der Waals surface area (Å²) in [4.78, 5) is 31.1. The van der Waals surface area contributed by atoms with Crippen LogP contribution in [0.3, 0.4) is 0 Å². The van der Waals surface area contributed by atoms with Crippen LogP contribution in [0, 0.1) is 13.8 Å². The fourth-order valence-electron chi connectivity index (χ4n) is 3.25. The Balaban J connectivity index is 1.50. The highest BCUT2D eigenvalue weighted by molar-refractivity contribution is 5.94. The van der Waals surface area contributed by atoms with Gasteiger partial charge in [0.25, 0.3) is 5.91 Å². The Morgan fingerprint density at radius 2 is 1.86 bits per heavy atom. The number of aromatic nitrogens is 2. The number of imidazole rings is 1. The minimum Gasteiger partial charge on any atom is -0.351 e. The van der Waals surface area contributed by atoms with Gasteiger partial charge in [-0.3, -0.25) is 14.0 Å². The van der Waals surface area contributed by atoms with Crippen LogP contribution in [0.25, 0.3) is 5.65 Å². The maximum Gasteiger partial charge on any atom is 0.270 e. The normalized spacial score (nSPS) is 10.8. The average molecular weight is 378 g/mol. The Kier molecular flexibility index (Phi) is 6.09. The number of carbonyl (C=O) groups excluding carboxylic acids is 2. The van der Waals surface area contributed by atoms with Crippen LogP contribution >= 0.6 is 0 Å². The molecule has 3 aromatic rings. The van der Waals surface area contributed by atoms with Crippen molar-refractivity contribution in [2.75, 3.05) is 13.6 Å². The number of carbonyl (C=O) groups is 2.